The van der Waals surface area contributed by atoms with Crippen molar-refractivity contribution in [2.45, 2.75) is 53.1 Å². The summed E-state index contributed by atoms with van der Waals surface area (Å²) < 4.78 is 7.96. The van der Waals surface area contributed by atoms with Gasteiger partial charge >= 0.3 is 0 Å². The lowest BCUT2D eigenvalue weighted by Crippen LogP contribution is -2.41. The van der Waals surface area contributed by atoms with Crippen LogP contribution in [0.1, 0.15) is 57.9 Å². The van der Waals surface area contributed by atoms with Gasteiger partial charge in [0.2, 0.25) is 0 Å². The summed E-state index contributed by atoms with van der Waals surface area (Å²) in [5, 5.41) is 1.37. The molecule has 2 atom stereocenters. The number of allylic oxidation sites excluding steroid dienone is 2. The van der Waals surface area contributed by atoms with Crippen molar-refractivity contribution in [3.63, 3.8) is 0 Å². The molecule has 23 heavy (non-hydrogen) atoms. The van der Waals surface area contributed by atoms with Crippen LogP contribution in [0.5, 0.6) is 0 Å². The number of hydrogen-bond acceptors (Lipinski definition) is 2. The smallest absolute Gasteiger partial charge is 0.145 e. The van der Waals surface area contributed by atoms with E-state index in [1.807, 2.05) is 25.2 Å². The third-order valence-corrected chi connectivity index (χ3v) is 6.56. The van der Waals surface area contributed by atoms with Crippen molar-refractivity contribution < 1.29 is 4.74 Å². The maximum atomic E-state index is 6.59. The lowest BCUT2D eigenvalue weighted by molar-refractivity contribution is -0.0460. The van der Waals surface area contributed by atoms with Gasteiger partial charge in [0.15, 0.2) is 0 Å². The highest BCUT2D eigenvalue weighted by Crippen LogP contribution is 2.61. The summed E-state index contributed by atoms with van der Waals surface area (Å²) in [6.07, 6.45) is 8.74. The van der Waals surface area contributed by atoms with Crippen molar-refractivity contribution in [2.75, 3.05) is 0 Å². The third-order valence-electron chi connectivity index (χ3n) is 5.37. The van der Waals surface area contributed by atoms with E-state index in [9.17, 15) is 0 Å². The van der Waals surface area contributed by atoms with Crippen LogP contribution in [0, 0.1) is 5.41 Å². The first kappa shape index (κ1) is 16.3. The Morgan fingerprint density at radius 3 is 2.52 bits per heavy atom. The fourth-order valence-electron chi connectivity index (χ4n) is 3.96. The van der Waals surface area contributed by atoms with Crippen LogP contribution in [0.3, 0.4) is 0 Å². The Hall–Kier alpha value is -1.54. The van der Waals surface area contributed by atoms with E-state index in [1.165, 1.54) is 20.5 Å². The van der Waals surface area contributed by atoms with Crippen molar-refractivity contribution in [1.29, 1.82) is 0 Å². The van der Waals surface area contributed by atoms with Gasteiger partial charge in [-0.3, -0.25) is 0 Å². The lowest BCUT2D eigenvalue weighted by Gasteiger charge is -2.43. The molecule has 122 valence electrons. The monoisotopic (exact) mass is 326 g/mol. The molecule has 1 nitrogen and oxygen atoms in total. The molecule has 2 aromatic rings. The number of fused-ring (bicyclic) bond motifs is 7. The van der Waals surface area contributed by atoms with E-state index in [0.29, 0.717) is 0 Å². The predicted octanol–water partition coefficient (Wildman–Crippen LogP) is 6.89. The molecule has 0 spiro atoms. The van der Waals surface area contributed by atoms with Crippen molar-refractivity contribution in [2.24, 2.45) is 5.41 Å². The predicted molar refractivity (Wildman–Crippen MR) is 102 cm³/mol. The summed E-state index contributed by atoms with van der Waals surface area (Å²) in [6.45, 7) is 10.9. The van der Waals surface area contributed by atoms with Crippen molar-refractivity contribution >= 4 is 27.2 Å². The minimum absolute atomic E-state index is 0.0229. The van der Waals surface area contributed by atoms with Gasteiger partial charge in [-0.15, -0.1) is 11.3 Å². The second-order valence-corrected chi connectivity index (χ2v) is 7.30. The largest absolute Gasteiger partial charge is 0.480 e. The number of benzene rings is 1. The summed E-state index contributed by atoms with van der Waals surface area (Å²) >= 11 is 1.87. The number of rotatable bonds is 2. The van der Waals surface area contributed by atoms with Crippen molar-refractivity contribution in [3.05, 3.63) is 52.9 Å². The van der Waals surface area contributed by atoms with E-state index in [-0.39, 0.29) is 11.0 Å². The van der Waals surface area contributed by atoms with E-state index in [1.54, 1.807) is 0 Å². The molecule has 2 bridgehead atoms. The molecule has 0 N–H and O–H groups in total. The van der Waals surface area contributed by atoms with Gasteiger partial charge in [0.25, 0.3) is 0 Å². The summed E-state index contributed by atoms with van der Waals surface area (Å²) in [5.74, 6) is 1.06. The molecular formula is C21H26OS. The summed E-state index contributed by atoms with van der Waals surface area (Å²) in [6, 6.07) is 8.75. The van der Waals surface area contributed by atoms with Gasteiger partial charge in [-0.05, 0) is 25.0 Å². The van der Waals surface area contributed by atoms with Gasteiger partial charge < -0.3 is 4.74 Å². The lowest BCUT2D eigenvalue weighted by atomic mass is 9.66. The zero-order valence-corrected chi connectivity index (χ0v) is 15.6. The molecule has 0 saturated heterocycles. The summed E-state index contributed by atoms with van der Waals surface area (Å²) in [4.78, 5) is 1.34. The van der Waals surface area contributed by atoms with E-state index in [2.05, 4.69) is 63.3 Å². The Morgan fingerprint density at radius 1 is 1.09 bits per heavy atom. The summed E-state index contributed by atoms with van der Waals surface area (Å²) in [5.41, 5.74) is 1.22. The standard InChI is InChI=1S/C19H20OS.C2H6/c1-4-18(3)12-8-10-14-17-16(19(18,5-2)20-14)13-9-6-7-11-15(13)21-17;1-2/h6-12H,4-5H2,1-3H3;1-2H3. The molecule has 3 heterocycles. The SMILES string of the molecule is CC.CCC1(C)C=CC=C2OC1(CC)c1c2sc2ccccc12. The first-order valence-corrected chi connectivity index (χ1v) is 9.58. The van der Waals surface area contributed by atoms with Crippen LogP contribution in [0.15, 0.2) is 42.5 Å². The molecule has 0 radical (unpaired) electrons. The Kier molecular flexibility index (Phi) is 4.14. The highest BCUT2D eigenvalue weighted by Gasteiger charge is 2.55. The maximum absolute atomic E-state index is 6.59. The van der Waals surface area contributed by atoms with Gasteiger partial charge in [0.05, 0.1) is 4.88 Å². The molecular weight excluding hydrogens is 300 g/mol. The molecule has 0 aliphatic carbocycles. The highest BCUT2D eigenvalue weighted by atomic mass is 32.1. The van der Waals surface area contributed by atoms with Gasteiger partial charge in [-0.25, -0.2) is 0 Å². The first-order valence-electron chi connectivity index (χ1n) is 8.76. The summed E-state index contributed by atoms with van der Waals surface area (Å²) in [7, 11) is 0. The molecule has 2 unspecified atom stereocenters. The fourth-order valence-corrected chi connectivity index (χ4v) is 5.19. The molecule has 2 aliphatic heterocycles. The molecule has 2 aliphatic rings. The van der Waals surface area contributed by atoms with Gasteiger partial charge in [0.1, 0.15) is 11.4 Å². The zero-order chi connectivity index (χ0) is 16.7. The molecule has 0 amide bonds. The number of hydrogen-bond donors (Lipinski definition) is 0. The minimum atomic E-state index is -0.227. The van der Waals surface area contributed by atoms with Crippen LogP contribution >= 0.6 is 11.3 Å². The Morgan fingerprint density at radius 2 is 1.83 bits per heavy atom. The van der Waals surface area contributed by atoms with Gasteiger partial charge in [0, 0.05) is 21.1 Å². The second kappa shape index (κ2) is 5.83. The minimum Gasteiger partial charge on any atom is -0.480 e. The highest BCUT2D eigenvalue weighted by molar-refractivity contribution is 7.20. The normalized spacial score (nSPS) is 27.6. The van der Waals surface area contributed by atoms with Crippen molar-refractivity contribution in [1.82, 2.24) is 0 Å². The molecule has 1 aromatic heterocycles. The average Bonchev–Trinajstić information content (AvgIpc) is 3.08. The van der Waals surface area contributed by atoms with Crippen LogP contribution in [0.2, 0.25) is 0 Å². The first-order chi connectivity index (χ1) is 11.1. The van der Waals surface area contributed by atoms with Crippen LogP contribution in [-0.2, 0) is 10.3 Å². The van der Waals surface area contributed by atoms with Crippen LogP contribution < -0.4 is 0 Å². The molecule has 2 heteroatoms. The van der Waals surface area contributed by atoms with Crippen LogP contribution in [0.4, 0.5) is 0 Å². The van der Waals surface area contributed by atoms with Crippen LogP contribution in [0.25, 0.3) is 15.8 Å². The Balaban J connectivity index is 0.000000753. The Bertz CT molecular complexity index is 782. The number of thiophene rings is 1. The molecule has 0 saturated carbocycles. The van der Waals surface area contributed by atoms with Crippen molar-refractivity contribution in [3.8, 4) is 0 Å². The zero-order valence-electron chi connectivity index (χ0n) is 14.8. The van der Waals surface area contributed by atoms with E-state index >= 15 is 0 Å². The van der Waals surface area contributed by atoms with Crippen LogP contribution in [-0.4, -0.2) is 0 Å². The van der Waals surface area contributed by atoms with Gasteiger partial charge in [-0.2, -0.15) is 0 Å². The maximum Gasteiger partial charge on any atom is 0.145 e. The van der Waals surface area contributed by atoms with E-state index < -0.39 is 0 Å². The molecule has 0 fully saturated rings. The van der Waals surface area contributed by atoms with E-state index in [0.717, 1.165) is 18.6 Å². The van der Waals surface area contributed by atoms with E-state index in [4.69, 9.17) is 4.74 Å². The molecule has 1 aromatic carbocycles. The average molecular weight is 327 g/mol. The number of ether oxygens (including phenoxy) is 1. The van der Waals surface area contributed by atoms with Gasteiger partial charge in [-0.1, -0.05) is 65.0 Å². The quantitative estimate of drug-likeness (QED) is 0.584. The topological polar surface area (TPSA) is 9.23 Å². The third kappa shape index (κ3) is 2.04. The molecule has 4 rings (SSSR count). The fraction of sp³-hybridized carbons (Fsp3) is 0.429. The second-order valence-electron chi connectivity index (χ2n) is 6.25. The Labute approximate surface area is 143 Å².